The third-order valence-electron chi connectivity index (χ3n) is 8.40. The largest absolute Gasteiger partial charge is 0.416 e. The number of hydrogen-bond acceptors (Lipinski definition) is 4. The second kappa shape index (κ2) is 11.1. The maximum absolute atomic E-state index is 13.8. The fourth-order valence-electron chi connectivity index (χ4n) is 6.34. The molecule has 2 unspecified atom stereocenters. The molecule has 0 bridgehead atoms. The van der Waals surface area contributed by atoms with E-state index in [0.29, 0.717) is 30.7 Å². The molecule has 0 aromatic heterocycles. The van der Waals surface area contributed by atoms with E-state index in [1.54, 1.807) is 0 Å². The monoisotopic (exact) mass is 602 g/mol. The molecule has 13 heteroatoms. The summed E-state index contributed by atoms with van der Waals surface area (Å²) in [6.07, 6.45) is -12.2. The van der Waals surface area contributed by atoms with Crippen molar-refractivity contribution >= 4 is 11.8 Å². The molecule has 2 amide bonds. The van der Waals surface area contributed by atoms with E-state index in [4.69, 9.17) is 4.74 Å². The molecule has 3 saturated heterocycles. The highest BCUT2D eigenvalue weighted by molar-refractivity contribution is 5.88. The van der Waals surface area contributed by atoms with Crippen molar-refractivity contribution in [1.29, 1.82) is 0 Å². The van der Waals surface area contributed by atoms with Crippen LogP contribution in [0.4, 0.5) is 30.7 Å². The summed E-state index contributed by atoms with van der Waals surface area (Å²) in [7, 11) is 0. The Kier molecular flexibility index (Phi) is 8.03. The first-order valence-electron chi connectivity index (χ1n) is 13.6. The first kappa shape index (κ1) is 30.3. The predicted molar refractivity (Wildman–Crippen MR) is 134 cm³/mol. The molecular weight excluding hydrogens is 573 g/mol. The number of nitrogens with zero attached hydrogens (tertiary/aromatic N) is 2. The summed E-state index contributed by atoms with van der Waals surface area (Å²) in [6.45, 7) is 1.85. The second-order valence-electron chi connectivity index (χ2n) is 11.2. The van der Waals surface area contributed by atoms with Crippen LogP contribution in [0.5, 0.6) is 0 Å². The van der Waals surface area contributed by atoms with Crippen molar-refractivity contribution in [3.63, 3.8) is 0 Å². The minimum Gasteiger partial charge on any atom is -0.391 e. The number of alkyl halides is 6. The average molecular weight is 603 g/mol. The summed E-state index contributed by atoms with van der Waals surface area (Å²) in [5.41, 5.74) is -2.72. The molecule has 0 radical (unpaired) electrons. The normalized spacial score (nSPS) is 27.4. The van der Waals surface area contributed by atoms with Gasteiger partial charge in [-0.05, 0) is 61.2 Å². The van der Waals surface area contributed by atoms with Crippen LogP contribution in [0.15, 0.2) is 42.5 Å². The summed E-state index contributed by atoms with van der Waals surface area (Å²) >= 11 is 0. The standard InChI is InChI=1S/C29H29F7N2O4/c1-15(17-8-19(28(31,32)33)12-20(9-17)29(34,35)36)42-24-14-38-23(26(24)16-2-4-21(30)5-3-16)10-18(11-25(38)40)27(41)37-7-6-22(39)13-37/h2-5,8-9,12,15,18,22-24,26,39H,6-7,10-11,13-14H2,1H3/t15-,18?,22-,23+,24+,26?/m1/s1. The van der Waals surface area contributed by atoms with Crippen molar-refractivity contribution in [3.8, 4) is 0 Å². The third kappa shape index (κ3) is 6.12. The maximum Gasteiger partial charge on any atom is 0.416 e. The van der Waals surface area contributed by atoms with Gasteiger partial charge in [-0.15, -0.1) is 0 Å². The van der Waals surface area contributed by atoms with Gasteiger partial charge in [0.15, 0.2) is 0 Å². The Hall–Kier alpha value is -3.19. The molecule has 3 aliphatic rings. The van der Waals surface area contributed by atoms with Gasteiger partial charge in [0, 0.05) is 43.9 Å². The lowest BCUT2D eigenvalue weighted by atomic mass is 9.81. The Morgan fingerprint density at radius 2 is 1.62 bits per heavy atom. The highest BCUT2D eigenvalue weighted by Crippen LogP contribution is 2.45. The molecule has 228 valence electrons. The predicted octanol–water partition coefficient (Wildman–Crippen LogP) is 5.31. The number of fused-ring (bicyclic) bond motifs is 1. The van der Waals surface area contributed by atoms with E-state index in [0.717, 1.165) is 0 Å². The Labute approximate surface area is 237 Å². The van der Waals surface area contributed by atoms with Crippen LogP contribution in [0.3, 0.4) is 0 Å². The number of ether oxygens (including phenoxy) is 1. The number of rotatable bonds is 5. The molecule has 3 heterocycles. The zero-order chi connectivity index (χ0) is 30.6. The van der Waals surface area contributed by atoms with Crippen molar-refractivity contribution in [3.05, 3.63) is 70.5 Å². The minimum absolute atomic E-state index is 0.00961. The fraction of sp³-hybridized carbons (Fsp3) is 0.517. The topological polar surface area (TPSA) is 70.1 Å². The van der Waals surface area contributed by atoms with Gasteiger partial charge in [0.25, 0.3) is 0 Å². The number of hydrogen-bond donors (Lipinski definition) is 1. The summed E-state index contributed by atoms with van der Waals surface area (Å²) < 4.78 is 101. The number of benzene rings is 2. The molecule has 2 aromatic rings. The Bertz CT molecular complexity index is 1300. The molecule has 42 heavy (non-hydrogen) atoms. The van der Waals surface area contributed by atoms with E-state index in [2.05, 4.69) is 0 Å². The van der Waals surface area contributed by atoms with Crippen LogP contribution >= 0.6 is 0 Å². The van der Waals surface area contributed by atoms with Gasteiger partial charge >= 0.3 is 12.4 Å². The average Bonchev–Trinajstić information content (AvgIpc) is 3.51. The van der Waals surface area contributed by atoms with Gasteiger partial charge in [-0.25, -0.2) is 4.39 Å². The molecular formula is C29H29F7N2O4. The lowest BCUT2D eigenvalue weighted by molar-refractivity contribution is -0.146. The Morgan fingerprint density at radius 3 is 2.17 bits per heavy atom. The smallest absolute Gasteiger partial charge is 0.391 e. The molecule has 5 rings (SSSR count). The number of likely N-dealkylation sites (tertiary alicyclic amines) is 1. The highest BCUT2D eigenvalue weighted by atomic mass is 19.4. The number of amides is 2. The molecule has 0 aliphatic carbocycles. The number of piperidine rings is 1. The van der Waals surface area contributed by atoms with Gasteiger partial charge in [0.05, 0.1) is 29.4 Å². The molecule has 2 aromatic carbocycles. The molecule has 6 atom stereocenters. The summed E-state index contributed by atoms with van der Waals surface area (Å²) in [5, 5.41) is 9.86. The quantitative estimate of drug-likeness (QED) is 0.472. The fourth-order valence-corrected chi connectivity index (χ4v) is 6.34. The molecule has 3 aliphatic heterocycles. The minimum atomic E-state index is -5.03. The first-order chi connectivity index (χ1) is 19.6. The maximum atomic E-state index is 13.8. The van der Waals surface area contributed by atoms with Crippen LogP contribution in [0.1, 0.15) is 60.5 Å². The van der Waals surface area contributed by atoms with Crippen LogP contribution < -0.4 is 0 Å². The van der Waals surface area contributed by atoms with Crippen LogP contribution in [0.25, 0.3) is 0 Å². The van der Waals surface area contributed by atoms with Gasteiger partial charge in [-0.2, -0.15) is 26.3 Å². The number of halogens is 7. The SMILES string of the molecule is C[C@@H](O[C@H]1CN2C(=O)CC(C(=O)N3CC[C@@H](O)C3)C[C@H]2C1c1ccc(F)cc1)c1cc(C(F)(F)F)cc(C(F)(F)F)c1. The van der Waals surface area contributed by atoms with Crippen molar-refractivity contribution < 1.29 is 50.2 Å². The van der Waals surface area contributed by atoms with Crippen molar-refractivity contribution in [1.82, 2.24) is 9.80 Å². The van der Waals surface area contributed by atoms with Gasteiger partial charge in [-0.1, -0.05) is 12.1 Å². The summed E-state index contributed by atoms with van der Waals surface area (Å²) in [5.74, 6) is -2.44. The van der Waals surface area contributed by atoms with E-state index in [1.165, 1.54) is 41.0 Å². The van der Waals surface area contributed by atoms with E-state index in [1.807, 2.05) is 0 Å². The number of aliphatic hydroxyl groups is 1. The zero-order valence-corrected chi connectivity index (χ0v) is 22.5. The first-order valence-corrected chi connectivity index (χ1v) is 13.6. The summed E-state index contributed by atoms with van der Waals surface area (Å²) in [6, 6.07) is 6.08. The number of β-amino-alcohol motifs (C(OH)–C–C–N with tert-alkyl or cyclic N) is 1. The lowest BCUT2D eigenvalue weighted by Crippen LogP contribution is -2.48. The molecule has 6 nitrogen and oxygen atoms in total. The van der Waals surface area contributed by atoms with Crippen molar-refractivity contribution in [2.24, 2.45) is 5.92 Å². The number of aliphatic hydroxyl groups excluding tert-OH is 1. The molecule has 0 saturated carbocycles. The molecule has 3 fully saturated rings. The van der Waals surface area contributed by atoms with Crippen LogP contribution in [0.2, 0.25) is 0 Å². The van der Waals surface area contributed by atoms with E-state index >= 15 is 0 Å². The molecule has 1 N–H and O–H groups in total. The number of carbonyl (C=O) groups is 2. The van der Waals surface area contributed by atoms with Gasteiger partial charge in [-0.3, -0.25) is 9.59 Å². The zero-order valence-electron chi connectivity index (χ0n) is 22.5. The lowest BCUT2D eigenvalue weighted by Gasteiger charge is -2.37. The third-order valence-corrected chi connectivity index (χ3v) is 8.40. The highest BCUT2D eigenvalue weighted by Gasteiger charge is 2.51. The van der Waals surface area contributed by atoms with Gasteiger partial charge < -0.3 is 19.6 Å². The second-order valence-corrected chi connectivity index (χ2v) is 11.2. The summed E-state index contributed by atoms with van der Waals surface area (Å²) in [4.78, 5) is 29.5. The van der Waals surface area contributed by atoms with E-state index < -0.39 is 65.5 Å². The van der Waals surface area contributed by atoms with Crippen LogP contribution in [-0.2, 0) is 26.7 Å². The Morgan fingerprint density at radius 1 is 1.00 bits per heavy atom. The van der Waals surface area contributed by atoms with E-state index in [9.17, 15) is 45.4 Å². The Balaban J connectivity index is 1.45. The molecule has 0 spiro atoms. The van der Waals surface area contributed by atoms with Crippen LogP contribution in [0, 0.1) is 11.7 Å². The van der Waals surface area contributed by atoms with Gasteiger partial charge in [0.2, 0.25) is 11.8 Å². The van der Waals surface area contributed by atoms with E-state index in [-0.39, 0.29) is 49.4 Å². The van der Waals surface area contributed by atoms with Crippen molar-refractivity contribution in [2.75, 3.05) is 19.6 Å². The number of carbonyl (C=O) groups excluding carboxylic acids is 2. The van der Waals surface area contributed by atoms with Crippen molar-refractivity contribution in [2.45, 2.75) is 68.8 Å². The van der Waals surface area contributed by atoms with Gasteiger partial charge in [0.1, 0.15) is 5.82 Å². The van der Waals surface area contributed by atoms with Crippen LogP contribution in [-0.4, -0.2) is 64.6 Å².